The standard InChI is InChI=1S/C9H11ClO2/c1-7-8(10)4-3-5-9(7)12-6-11-2/h3-5H,6H2,1-2H3. The van der Waals surface area contributed by atoms with E-state index in [1.165, 1.54) is 0 Å². The van der Waals surface area contributed by atoms with E-state index in [9.17, 15) is 0 Å². The lowest BCUT2D eigenvalue weighted by atomic mass is 10.2. The molecule has 0 aliphatic heterocycles. The summed E-state index contributed by atoms with van der Waals surface area (Å²) in [5.74, 6) is 0.768. The summed E-state index contributed by atoms with van der Waals surface area (Å²) in [5, 5.41) is 0.712. The number of hydrogen-bond acceptors (Lipinski definition) is 2. The minimum Gasteiger partial charge on any atom is -0.467 e. The van der Waals surface area contributed by atoms with Crippen molar-refractivity contribution in [2.24, 2.45) is 0 Å². The van der Waals surface area contributed by atoms with E-state index in [2.05, 4.69) is 0 Å². The first-order valence-electron chi connectivity index (χ1n) is 3.62. The quantitative estimate of drug-likeness (QED) is 0.676. The van der Waals surface area contributed by atoms with E-state index < -0.39 is 0 Å². The summed E-state index contributed by atoms with van der Waals surface area (Å²) in [5.41, 5.74) is 0.941. The van der Waals surface area contributed by atoms with Gasteiger partial charge in [-0.25, -0.2) is 0 Å². The third kappa shape index (κ3) is 2.13. The Hall–Kier alpha value is -0.730. The van der Waals surface area contributed by atoms with Gasteiger partial charge in [-0.2, -0.15) is 0 Å². The van der Waals surface area contributed by atoms with E-state index in [1.807, 2.05) is 25.1 Å². The van der Waals surface area contributed by atoms with Crippen LogP contribution < -0.4 is 4.74 Å². The summed E-state index contributed by atoms with van der Waals surface area (Å²) >= 11 is 5.87. The molecule has 0 radical (unpaired) electrons. The predicted molar refractivity (Wildman–Crippen MR) is 48.7 cm³/mol. The normalized spacial score (nSPS) is 9.92. The molecule has 0 amide bonds. The number of hydrogen-bond donors (Lipinski definition) is 0. The highest BCUT2D eigenvalue weighted by molar-refractivity contribution is 6.31. The first-order valence-corrected chi connectivity index (χ1v) is 4.00. The van der Waals surface area contributed by atoms with Crippen molar-refractivity contribution in [3.8, 4) is 5.75 Å². The fraction of sp³-hybridized carbons (Fsp3) is 0.333. The number of halogens is 1. The molecule has 0 unspecified atom stereocenters. The van der Waals surface area contributed by atoms with Gasteiger partial charge in [0.25, 0.3) is 0 Å². The Morgan fingerprint density at radius 3 is 2.83 bits per heavy atom. The van der Waals surface area contributed by atoms with Gasteiger partial charge in [-0.15, -0.1) is 0 Å². The van der Waals surface area contributed by atoms with Crippen molar-refractivity contribution in [1.29, 1.82) is 0 Å². The van der Waals surface area contributed by atoms with Gasteiger partial charge in [0.2, 0.25) is 0 Å². The molecule has 0 aliphatic rings. The van der Waals surface area contributed by atoms with Crippen molar-refractivity contribution in [3.05, 3.63) is 28.8 Å². The Morgan fingerprint density at radius 2 is 2.17 bits per heavy atom. The Bertz CT molecular complexity index is 261. The third-order valence-corrected chi connectivity index (χ3v) is 1.96. The fourth-order valence-electron chi connectivity index (χ4n) is 0.866. The smallest absolute Gasteiger partial charge is 0.188 e. The highest BCUT2D eigenvalue weighted by Gasteiger charge is 2.01. The Kier molecular flexibility index (Phi) is 3.38. The lowest BCUT2D eigenvalue weighted by Crippen LogP contribution is -2.00. The first-order chi connectivity index (χ1) is 5.75. The average molecular weight is 187 g/mol. The summed E-state index contributed by atoms with van der Waals surface area (Å²) in [7, 11) is 1.58. The van der Waals surface area contributed by atoms with Gasteiger partial charge in [0.05, 0.1) is 0 Å². The molecule has 0 bridgehead atoms. The van der Waals surface area contributed by atoms with Gasteiger partial charge >= 0.3 is 0 Å². The number of ether oxygens (including phenoxy) is 2. The van der Waals surface area contributed by atoms with Crippen LogP contribution in [0.1, 0.15) is 5.56 Å². The topological polar surface area (TPSA) is 18.5 Å². The zero-order chi connectivity index (χ0) is 8.97. The lowest BCUT2D eigenvalue weighted by Gasteiger charge is -2.08. The summed E-state index contributed by atoms with van der Waals surface area (Å²) in [6.45, 7) is 2.16. The zero-order valence-corrected chi connectivity index (χ0v) is 7.89. The van der Waals surface area contributed by atoms with Gasteiger partial charge in [0, 0.05) is 17.7 Å². The molecule has 0 aliphatic carbocycles. The van der Waals surface area contributed by atoms with E-state index in [0.717, 1.165) is 11.3 Å². The van der Waals surface area contributed by atoms with Gasteiger partial charge in [-0.05, 0) is 19.1 Å². The van der Waals surface area contributed by atoms with Crippen LogP contribution in [0.2, 0.25) is 5.02 Å². The second-order valence-corrected chi connectivity index (χ2v) is 2.82. The summed E-state index contributed by atoms with van der Waals surface area (Å²) in [6, 6.07) is 5.54. The molecule has 0 saturated heterocycles. The van der Waals surface area contributed by atoms with Crippen molar-refractivity contribution < 1.29 is 9.47 Å². The fourth-order valence-corrected chi connectivity index (χ4v) is 1.03. The maximum absolute atomic E-state index is 5.87. The average Bonchev–Trinajstić information content (AvgIpc) is 2.08. The molecule has 0 saturated carbocycles. The summed E-state index contributed by atoms with van der Waals surface area (Å²) in [4.78, 5) is 0. The zero-order valence-electron chi connectivity index (χ0n) is 7.13. The van der Waals surface area contributed by atoms with Crippen molar-refractivity contribution >= 4 is 11.6 Å². The monoisotopic (exact) mass is 186 g/mol. The molecule has 66 valence electrons. The highest BCUT2D eigenvalue weighted by atomic mass is 35.5. The third-order valence-electron chi connectivity index (χ3n) is 1.55. The molecule has 1 aromatic rings. The van der Waals surface area contributed by atoms with Crippen LogP contribution in [0.3, 0.4) is 0 Å². The van der Waals surface area contributed by atoms with E-state index >= 15 is 0 Å². The van der Waals surface area contributed by atoms with E-state index in [1.54, 1.807) is 7.11 Å². The molecule has 0 fully saturated rings. The number of rotatable bonds is 3. The molecule has 1 rings (SSSR count). The molecule has 1 aromatic carbocycles. The van der Waals surface area contributed by atoms with Crippen molar-refractivity contribution in [2.75, 3.05) is 13.9 Å². The van der Waals surface area contributed by atoms with E-state index in [-0.39, 0.29) is 6.79 Å². The maximum Gasteiger partial charge on any atom is 0.188 e. The summed E-state index contributed by atoms with van der Waals surface area (Å²) < 4.78 is 10.0. The molecule has 0 N–H and O–H groups in total. The minimum absolute atomic E-state index is 0.251. The van der Waals surface area contributed by atoms with Crippen molar-refractivity contribution in [2.45, 2.75) is 6.92 Å². The highest BCUT2D eigenvalue weighted by Crippen LogP contribution is 2.24. The lowest BCUT2D eigenvalue weighted by molar-refractivity contribution is 0.0506. The molecule has 2 nitrogen and oxygen atoms in total. The van der Waals surface area contributed by atoms with Crippen molar-refractivity contribution in [3.63, 3.8) is 0 Å². The number of methoxy groups -OCH3 is 1. The molecule has 0 atom stereocenters. The molecule has 0 heterocycles. The molecule has 3 heteroatoms. The van der Waals surface area contributed by atoms with Gasteiger partial charge in [0.1, 0.15) is 5.75 Å². The molecule has 0 spiro atoms. The van der Waals surface area contributed by atoms with Crippen LogP contribution in [0.25, 0.3) is 0 Å². The van der Waals surface area contributed by atoms with Crippen LogP contribution in [-0.4, -0.2) is 13.9 Å². The Labute approximate surface area is 77.1 Å². The van der Waals surface area contributed by atoms with Gasteiger partial charge < -0.3 is 9.47 Å². The largest absolute Gasteiger partial charge is 0.467 e. The summed E-state index contributed by atoms with van der Waals surface area (Å²) in [6.07, 6.45) is 0. The Morgan fingerprint density at radius 1 is 1.42 bits per heavy atom. The van der Waals surface area contributed by atoms with E-state index in [0.29, 0.717) is 5.02 Å². The van der Waals surface area contributed by atoms with Crippen LogP contribution in [0.15, 0.2) is 18.2 Å². The van der Waals surface area contributed by atoms with Crippen LogP contribution in [0, 0.1) is 6.92 Å². The minimum atomic E-state index is 0.251. The van der Waals surface area contributed by atoms with Gasteiger partial charge in [0.15, 0.2) is 6.79 Å². The second kappa shape index (κ2) is 4.33. The van der Waals surface area contributed by atoms with Crippen LogP contribution in [-0.2, 0) is 4.74 Å². The second-order valence-electron chi connectivity index (χ2n) is 2.41. The Balaban J connectivity index is 2.78. The SMILES string of the molecule is COCOc1cccc(Cl)c1C. The first kappa shape index (κ1) is 9.36. The molecular weight excluding hydrogens is 176 g/mol. The molecule has 12 heavy (non-hydrogen) atoms. The van der Waals surface area contributed by atoms with Crippen molar-refractivity contribution in [1.82, 2.24) is 0 Å². The molecule has 0 aromatic heterocycles. The maximum atomic E-state index is 5.87. The number of benzene rings is 1. The van der Waals surface area contributed by atoms with Crippen LogP contribution in [0.4, 0.5) is 0 Å². The predicted octanol–water partition coefficient (Wildman–Crippen LogP) is 2.63. The van der Waals surface area contributed by atoms with Gasteiger partial charge in [-0.1, -0.05) is 17.7 Å². The van der Waals surface area contributed by atoms with Gasteiger partial charge in [-0.3, -0.25) is 0 Å². The van der Waals surface area contributed by atoms with Crippen LogP contribution >= 0.6 is 11.6 Å². The molecular formula is C9H11ClO2. The van der Waals surface area contributed by atoms with E-state index in [4.69, 9.17) is 21.1 Å². The van der Waals surface area contributed by atoms with Crippen LogP contribution in [0.5, 0.6) is 5.75 Å².